The second-order valence-electron chi connectivity index (χ2n) is 2.76. The lowest BCUT2D eigenvalue weighted by molar-refractivity contribution is -0.152. The number of carbonyl (C=O) groups excluding carboxylic acids is 3. The maximum atomic E-state index is 10.9. The van der Waals surface area contributed by atoms with E-state index in [4.69, 9.17) is 4.74 Å². The lowest BCUT2D eigenvalue weighted by Crippen LogP contribution is -2.21. The van der Waals surface area contributed by atoms with Gasteiger partial charge in [0.05, 0.1) is 13.5 Å². The predicted octanol–water partition coefficient (Wildman–Crippen LogP) is 0.460. The third kappa shape index (κ3) is 6.16. The van der Waals surface area contributed by atoms with Gasteiger partial charge in [-0.1, -0.05) is 0 Å². The van der Waals surface area contributed by atoms with Crippen molar-refractivity contribution in [3.8, 4) is 0 Å². The van der Waals surface area contributed by atoms with Gasteiger partial charge in [0, 0.05) is 13.3 Å². The van der Waals surface area contributed by atoms with Crippen molar-refractivity contribution in [1.82, 2.24) is 0 Å². The third-order valence-corrected chi connectivity index (χ3v) is 1.56. The van der Waals surface area contributed by atoms with Crippen molar-refractivity contribution < 1.29 is 23.9 Å². The number of methoxy groups -OCH3 is 1. The molecule has 0 saturated carbocycles. The molecule has 0 N–H and O–H groups in total. The molecule has 0 heterocycles. The van der Waals surface area contributed by atoms with E-state index in [-0.39, 0.29) is 12.8 Å². The van der Waals surface area contributed by atoms with Crippen molar-refractivity contribution in [2.24, 2.45) is 0 Å². The van der Waals surface area contributed by atoms with Crippen LogP contribution in [0.15, 0.2) is 0 Å². The molecule has 0 aliphatic heterocycles. The fourth-order valence-corrected chi connectivity index (χ4v) is 0.961. The predicted molar refractivity (Wildman–Crippen MR) is 47.5 cm³/mol. The molecule has 0 bridgehead atoms. The zero-order valence-electron chi connectivity index (χ0n) is 8.32. The van der Waals surface area contributed by atoms with Crippen molar-refractivity contribution in [3.63, 3.8) is 0 Å². The smallest absolute Gasteiger partial charge is 0.309 e. The van der Waals surface area contributed by atoms with Crippen LogP contribution in [0.1, 0.15) is 26.2 Å². The van der Waals surface area contributed by atoms with Gasteiger partial charge in [0.1, 0.15) is 12.4 Å². The Kier molecular flexibility index (Phi) is 6.36. The van der Waals surface area contributed by atoms with Crippen molar-refractivity contribution in [3.05, 3.63) is 0 Å². The Balaban J connectivity index is 4.02. The summed E-state index contributed by atoms with van der Waals surface area (Å²) in [4.78, 5) is 31.6. The van der Waals surface area contributed by atoms with Crippen LogP contribution in [0.2, 0.25) is 0 Å². The summed E-state index contributed by atoms with van der Waals surface area (Å²) in [7, 11) is 1.26. The summed E-state index contributed by atoms with van der Waals surface area (Å²) in [5.41, 5.74) is 0. The second kappa shape index (κ2) is 7.06. The molecule has 14 heavy (non-hydrogen) atoms. The average Bonchev–Trinajstić information content (AvgIpc) is 2.13. The van der Waals surface area contributed by atoms with E-state index < -0.39 is 18.0 Å². The molecule has 0 aliphatic carbocycles. The normalized spacial score (nSPS) is 11.6. The highest BCUT2D eigenvalue weighted by molar-refractivity contribution is 5.71. The minimum absolute atomic E-state index is 0.0100. The minimum atomic E-state index is -0.565. The zero-order valence-corrected chi connectivity index (χ0v) is 8.32. The number of hydrogen-bond donors (Lipinski definition) is 0. The van der Waals surface area contributed by atoms with Gasteiger partial charge >= 0.3 is 11.9 Å². The molecule has 0 aliphatic rings. The molecule has 0 spiro atoms. The minimum Gasteiger partial charge on any atom is -0.469 e. The van der Waals surface area contributed by atoms with E-state index in [2.05, 4.69) is 4.74 Å². The van der Waals surface area contributed by atoms with Gasteiger partial charge in [-0.05, 0) is 6.42 Å². The Hall–Kier alpha value is -1.39. The fourth-order valence-electron chi connectivity index (χ4n) is 0.961. The van der Waals surface area contributed by atoms with Crippen molar-refractivity contribution in [1.29, 1.82) is 0 Å². The number of rotatable bonds is 6. The standard InChI is InChI=1S/C9H14O5/c1-7(11)14-8(4-3-5-10)6-9(12)13-2/h5,8H,3-4,6H2,1-2H3. The molecule has 0 aromatic rings. The van der Waals surface area contributed by atoms with Gasteiger partial charge in [-0.2, -0.15) is 0 Å². The molecule has 0 rings (SSSR count). The first-order valence-electron chi connectivity index (χ1n) is 4.27. The summed E-state index contributed by atoms with van der Waals surface area (Å²) in [5.74, 6) is -0.924. The average molecular weight is 202 g/mol. The Morgan fingerprint density at radius 2 is 2.07 bits per heavy atom. The SMILES string of the molecule is COC(=O)CC(CCC=O)OC(C)=O. The van der Waals surface area contributed by atoms with E-state index in [1.165, 1.54) is 14.0 Å². The molecule has 0 aromatic carbocycles. The van der Waals surface area contributed by atoms with Crippen LogP contribution in [-0.2, 0) is 23.9 Å². The van der Waals surface area contributed by atoms with Crippen molar-refractivity contribution >= 4 is 18.2 Å². The number of aldehydes is 1. The molecule has 0 aromatic heterocycles. The molecular weight excluding hydrogens is 188 g/mol. The molecule has 0 radical (unpaired) electrons. The van der Waals surface area contributed by atoms with Gasteiger partial charge in [-0.25, -0.2) is 0 Å². The highest BCUT2D eigenvalue weighted by Crippen LogP contribution is 2.07. The highest BCUT2D eigenvalue weighted by atomic mass is 16.6. The summed E-state index contributed by atoms with van der Waals surface area (Å²) in [5, 5.41) is 0. The molecule has 1 unspecified atom stereocenters. The van der Waals surface area contributed by atoms with Crippen LogP contribution in [0.5, 0.6) is 0 Å². The first kappa shape index (κ1) is 12.6. The van der Waals surface area contributed by atoms with E-state index in [1.807, 2.05) is 0 Å². The quantitative estimate of drug-likeness (QED) is 0.462. The first-order chi connectivity index (χ1) is 6.60. The molecule has 80 valence electrons. The van der Waals surface area contributed by atoms with E-state index in [0.717, 1.165) is 0 Å². The van der Waals surface area contributed by atoms with E-state index in [0.29, 0.717) is 12.7 Å². The van der Waals surface area contributed by atoms with Gasteiger partial charge in [-0.15, -0.1) is 0 Å². The van der Waals surface area contributed by atoms with Crippen molar-refractivity contribution in [2.75, 3.05) is 7.11 Å². The van der Waals surface area contributed by atoms with Crippen molar-refractivity contribution in [2.45, 2.75) is 32.3 Å². The molecule has 1 atom stereocenters. The van der Waals surface area contributed by atoms with E-state index >= 15 is 0 Å². The Morgan fingerprint density at radius 3 is 2.50 bits per heavy atom. The fraction of sp³-hybridized carbons (Fsp3) is 0.667. The maximum Gasteiger partial charge on any atom is 0.309 e. The maximum absolute atomic E-state index is 10.9. The number of ether oxygens (including phenoxy) is 2. The van der Waals surface area contributed by atoms with Crippen LogP contribution in [0.25, 0.3) is 0 Å². The van der Waals surface area contributed by atoms with Crippen LogP contribution in [0.4, 0.5) is 0 Å². The van der Waals surface area contributed by atoms with Crippen LogP contribution >= 0.6 is 0 Å². The van der Waals surface area contributed by atoms with Gasteiger partial charge < -0.3 is 14.3 Å². The molecule has 5 nitrogen and oxygen atoms in total. The molecule has 0 saturated heterocycles. The zero-order chi connectivity index (χ0) is 11.0. The summed E-state index contributed by atoms with van der Waals surface area (Å²) in [6.45, 7) is 1.26. The van der Waals surface area contributed by atoms with Crippen LogP contribution in [0.3, 0.4) is 0 Å². The monoisotopic (exact) mass is 202 g/mol. The number of carbonyl (C=O) groups is 3. The van der Waals surface area contributed by atoms with Crippen LogP contribution < -0.4 is 0 Å². The third-order valence-electron chi connectivity index (χ3n) is 1.56. The molecule has 0 fully saturated rings. The Morgan fingerprint density at radius 1 is 1.43 bits per heavy atom. The number of hydrogen-bond acceptors (Lipinski definition) is 5. The van der Waals surface area contributed by atoms with Crippen LogP contribution in [0, 0.1) is 0 Å². The second-order valence-corrected chi connectivity index (χ2v) is 2.76. The van der Waals surface area contributed by atoms with Gasteiger partial charge in [0.2, 0.25) is 0 Å². The van der Waals surface area contributed by atoms with Gasteiger partial charge in [-0.3, -0.25) is 9.59 Å². The van der Waals surface area contributed by atoms with Gasteiger partial charge in [0.15, 0.2) is 0 Å². The number of esters is 2. The summed E-state index contributed by atoms with van der Waals surface area (Å²) < 4.78 is 9.25. The molecule has 0 amide bonds. The summed E-state index contributed by atoms with van der Waals surface area (Å²) in [6.07, 6.45) is 0.746. The van der Waals surface area contributed by atoms with E-state index in [1.54, 1.807) is 0 Å². The molecule has 5 heteroatoms. The van der Waals surface area contributed by atoms with Crippen LogP contribution in [-0.4, -0.2) is 31.4 Å². The first-order valence-corrected chi connectivity index (χ1v) is 4.27. The summed E-state index contributed by atoms with van der Waals surface area (Å²) >= 11 is 0. The molecular formula is C9H14O5. The lowest BCUT2D eigenvalue weighted by atomic mass is 10.1. The topological polar surface area (TPSA) is 69.7 Å². The highest BCUT2D eigenvalue weighted by Gasteiger charge is 2.16. The van der Waals surface area contributed by atoms with Gasteiger partial charge in [0.25, 0.3) is 0 Å². The summed E-state index contributed by atoms with van der Waals surface area (Å²) in [6, 6.07) is 0. The Labute approximate surface area is 82.4 Å². The lowest BCUT2D eigenvalue weighted by Gasteiger charge is -2.14. The van der Waals surface area contributed by atoms with E-state index in [9.17, 15) is 14.4 Å². The largest absolute Gasteiger partial charge is 0.469 e. The Bertz CT molecular complexity index is 211.